The van der Waals surface area contributed by atoms with Crippen LogP contribution in [0.15, 0.2) is 72.8 Å². The van der Waals surface area contributed by atoms with E-state index in [0.717, 1.165) is 25.0 Å². The van der Waals surface area contributed by atoms with Gasteiger partial charge >= 0.3 is 35.0 Å². The van der Waals surface area contributed by atoms with Crippen LogP contribution in [0.3, 0.4) is 0 Å². The van der Waals surface area contributed by atoms with Gasteiger partial charge in [-0.1, -0.05) is 93.1 Å². The maximum absolute atomic E-state index is 11.2. The number of benzene rings is 2. The second-order valence-electron chi connectivity index (χ2n) is 6.88. The molecule has 0 aromatic heterocycles. The van der Waals surface area contributed by atoms with E-state index < -0.39 is 0 Å². The Balaban J connectivity index is 0. The van der Waals surface area contributed by atoms with E-state index >= 15 is 0 Å². The molecule has 2 N–H and O–H groups in total. The van der Waals surface area contributed by atoms with Crippen molar-refractivity contribution in [3.8, 4) is 0 Å². The Kier molecular flexibility index (Phi) is 28.2. The summed E-state index contributed by atoms with van der Waals surface area (Å²) in [4.78, 5) is 11.2. The van der Waals surface area contributed by atoms with Crippen LogP contribution in [0.1, 0.15) is 57.1 Å². The summed E-state index contributed by atoms with van der Waals surface area (Å²) in [6, 6.07) is 20.2. The summed E-state index contributed by atoms with van der Waals surface area (Å²) in [6.45, 7) is 6.75. The monoisotopic (exact) mass is 590 g/mol. The molecule has 0 unspecified atom stereocenters. The average Bonchev–Trinajstić information content (AvgIpc) is 2.82. The van der Waals surface area contributed by atoms with Crippen molar-refractivity contribution < 1.29 is 35.7 Å². The van der Waals surface area contributed by atoms with Gasteiger partial charge in [0.05, 0.1) is 26.4 Å². The summed E-state index contributed by atoms with van der Waals surface area (Å²) < 4.78 is 10.9. The maximum atomic E-state index is 11.2. The van der Waals surface area contributed by atoms with E-state index in [-0.39, 0.29) is 21.4 Å². The van der Waals surface area contributed by atoms with Crippen molar-refractivity contribution in [1.29, 1.82) is 0 Å². The van der Waals surface area contributed by atoms with Gasteiger partial charge in [-0.2, -0.15) is 0 Å². The third-order valence-electron chi connectivity index (χ3n) is 4.11. The Bertz CT molecular complexity index is 685. The average molecular weight is 592 g/mol. The third-order valence-corrected chi connectivity index (χ3v) is 4.11. The minimum absolute atomic E-state index is 0. The van der Waals surface area contributed by atoms with Gasteiger partial charge < -0.3 is 14.9 Å². The van der Waals surface area contributed by atoms with Gasteiger partial charge in [0.1, 0.15) is 5.78 Å². The van der Waals surface area contributed by atoms with E-state index in [1.807, 2.05) is 55.5 Å². The van der Waals surface area contributed by atoms with E-state index in [2.05, 4.69) is 31.2 Å². The molecule has 2 aromatic carbocycles. The van der Waals surface area contributed by atoms with Gasteiger partial charge in [0.2, 0.25) is 0 Å². The molecule has 0 fully saturated rings. The number of Topliss-reactive ketones (excluding diaryl/α,β-unsaturated/α-hetero) is 1. The molecule has 0 spiro atoms. The summed E-state index contributed by atoms with van der Waals surface area (Å²) in [5.41, 5.74) is 2.39. The number of hydrogen-bond acceptors (Lipinski definition) is 3. The van der Waals surface area contributed by atoms with Gasteiger partial charge in [-0.15, -0.1) is 0 Å². The zero-order valence-electron chi connectivity index (χ0n) is 19.6. The normalized spacial score (nSPS) is 9.94. The zero-order chi connectivity index (χ0) is 23.7. The quantitative estimate of drug-likeness (QED) is 0.142. The predicted molar refractivity (Wildman–Crippen MR) is 136 cm³/mol. The summed E-state index contributed by atoms with van der Waals surface area (Å²) in [6.07, 6.45) is 8.76. The number of allylic oxidation sites excluding steroid dienone is 1. The summed E-state index contributed by atoms with van der Waals surface area (Å²) in [7, 11) is 9.63. The zero-order valence-corrected chi connectivity index (χ0v) is 22.7. The molecular formula is C26H38Cl2O4Pd. The van der Waals surface area contributed by atoms with Crippen LogP contribution in [0.5, 0.6) is 0 Å². The third kappa shape index (κ3) is 23.9. The van der Waals surface area contributed by atoms with Crippen molar-refractivity contribution in [3.05, 3.63) is 83.9 Å². The molecule has 190 valence electrons. The van der Waals surface area contributed by atoms with Crippen LogP contribution in [0.4, 0.5) is 0 Å². The van der Waals surface area contributed by atoms with E-state index in [9.17, 15) is 4.79 Å². The number of carbonyl (C=O) groups is 1. The fourth-order valence-electron chi connectivity index (χ4n) is 2.53. The van der Waals surface area contributed by atoms with Crippen molar-refractivity contribution in [1.82, 2.24) is 0 Å². The second-order valence-corrected chi connectivity index (χ2v) is 9.24. The second kappa shape index (κ2) is 27.2. The first kappa shape index (κ1) is 34.1. The summed E-state index contributed by atoms with van der Waals surface area (Å²) >= 11 is -0.106. The van der Waals surface area contributed by atoms with Crippen LogP contribution in [-0.2, 0) is 43.4 Å². The first-order chi connectivity index (χ1) is 15.7. The summed E-state index contributed by atoms with van der Waals surface area (Å²) in [5.74, 6) is 0.297. The molecule has 2 aromatic rings. The Morgan fingerprint density at radius 2 is 1.33 bits per heavy atom. The minimum atomic E-state index is -0.106. The molecule has 2 rings (SSSR count). The SMILES string of the molecule is CCC/C=C/COCc1ccccc1.CCCC(=O)CCOCc1ccccc1.O.[Cl][Pd][Cl]. The van der Waals surface area contributed by atoms with E-state index in [0.29, 0.717) is 38.4 Å². The van der Waals surface area contributed by atoms with Crippen LogP contribution < -0.4 is 0 Å². The molecule has 0 saturated heterocycles. The van der Waals surface area contributed by atoms with Crippen LogP contribution >= 0.6 is 19.1 Å². The number of unbranched alkanes of at least 4 members (excludes halogenated alkanes) is 1. The Labute approximate surface area is 216 Å². The van der Waals surface area contributed by atoms with Gasteiger partial charge in [0.15, 0.2) is 0 Å². The molecule has 0 aliphatic carbocycles. The molecule has 0 aliphatic heterocycles. The van der Waals surface area contributed by atoms with Gasteiger partial charge in [-0.05, 0) is 24.0 Å². The molecule has 4 nitrogen and oxygen atoms in total. The molecule has 0 saturated carbocycles. The first-order valence-corrected chi connectivity index (χ1v) is 14.9. The molecule has 0 radical (unpaired) electrons. The van der Waals surface area contributed by atoms with Crippen molar-refractivity contribution in [2.75, 3.05) is 13.2 Å². The number of carbonyl (C=O) groups excluding carboxylic acids is 1. The van der Waals surface area contributed by atoms with Crippen LogP contribution in [0, 0.1) is 0 Å². The number of ketones is 1. The van der Waals surface area contributed by atoms with Gasteiger partial charge in [0, 0.05) is 12.8 Å². The number of rotatable bonds is 13. The Morgan fingerprint density at radius 3 is 1.82 bits per heavy atom. The van der Waals surface area contributed by atoms with E-state index in [1.54, 1.807) is 0 Å². The molecule has 0 aliphatic rings. The summed E-state index contributed by atoms with van der Waals surface area (Å²) in [5, 5.41) is 0. The number of ether oxygens (including phenoxy) is 2. The Hall–Kier alpha value is -1.03. The van der Waals surface area contributed by atoms with Gasteiger partial charge in [0.25, 0.3) is 0 Å². The van der Waals surface area contributed by atoms with E-state index in [1.165, 1.54) is 12.0 Å². The number of hydrogen-bond donors (Lipinski definition) is 0. The van der Waals surface area contributed by atoms with Crippen molar-refractivity contribution in [3.63, 3.8) is 0 Å². The van der Waals surface area contributed by atoms with Gasteiger partial charge in [-0.3, -0.25) is 4.79 Å². The van der Waals surface area contributed by atoms with Gasteiger partial charge in [-0.25, -0.2) is 0 Å². The van der Waals surface area contributed by atoms with Crippen LogP contribution in [0.25, 0.3) is 0 Å². The molecule has 0 atom stereocenters. The predicted octanol–water partition coefficient (Wildman–Crippen LogP) is 7.07. The molecule has 0 heterocycles. The molecular weight excluding hydrogens is 554 g/mol. The topological polar surface area (TPSA) is 67.0 Å². The van der Waals surface area contributed by atoms with E-state index in [4.69, 9.17) is 28.5 Å². The van der Waals surface area contributed by atoms with Crippen molar-refractivity contribution in [2.24, 2.45) is 0 Å². The number of halogens is 2. The fourth-order valence-corrected chi connectivity index (χ4v) is 2.53. The van der Waals surface area contributed by atoms with Crippen LogP contribution in [-0.4, -0.2) is 24.5 Å². The fraction of sp³-hybridized carbons (Fsp3) is 0.423. The van der Waals surface area contributed by atoms with Crippen molar-refractivity contribution in [2.45, 2.75) is 59.2 Å². The first-order valence-electron chi connectivity index (χ1n) is 10.9. The molecule has 0 amide bonds. The van der Waals surface area contributed by atoms with Crippen LogP contribution in [0.2, 0.25) is 0 Å². The standard InChI is InChI=1S/C13H18O2.C13H18O.2ClH.H2O.Pd/c1-2-6-13(14)9-10-15-11-12-7-4-3-5-8-12;1-2-3-4-8-11-14-12-13-9-6-5-7-10-13;;;;/h3-5,7-8H,2,6,9-11H2,1H3;4-10H,2-3,11-12H2,1H3;2*1H;1H2;/q;;;;;+2/p-2/b;8-4+;;;;. The molecule has 33 heavy (non-hydrogen) atoms. The van der Waals surface area contributed by atoms with Crippen molar-refractivity contribution >= 4 is 24.8 Å². The Morgan fingerprint density at radius 1 is 0.818 bits per heavy atom. The molecule has 0 bridgehead atoms. The molecule has 7 heteroatoms.